The molecule has 0 aliphatic heterocycles. The van der Waals surface area contributed by atoms with Crippen LogP contribution in [0.2, 0.25) is 0 Å². The van der Waals surface area contributed by atoms with Gasteiger partial charge in [-0.25, -0.2) is 4.79 Å². The van der Waals surface area contributed by atoms with E-state index in [1.807, 2.05) is 0 Å². The van der Waals surface area contributed by atoms with Gasteiger partial charge in [-0.1, -0.05) is 18.2 Å². The molecule has 0 saturated heterocycles. The second-order valence-corrected chi connectivity index (χ2v) is 6.20. The maximum atomic E-state index is 12.5. The molecule has 0 aliphatic rings. The zero-order valence-electron chi connectivity index (χ0n) is 16.2. The number of esters is 1. The molecule has 0 unspecified atom stereocenters. The van der Waals surface area contributed by atoms with Gasteiger partial charge in [0.25, 0.3) is 5.91 Å². The Balaban J connectivity index is 2.06. The monoisotopic (exact) mass is 437 g/mol. The van der Waals surface area contributed by atoms with E-state index in [4.69, 9.17) is 15.9 Å². The molecule has 0 aliphatic carbocycles. The van der Waals surface area contributed by atoms with Crippen LogP contribution in [0.5, 0.6) is 11.5 Å². The first-order valence-corrected chi connectivity index (χ1v) is 8.78. The Morgan fingerprint density at radius 3 is 2.42 bits per heavy atom. The van der Waals surface area contributed by atoms with Crippen molar-refractivity contribution < 1.29 is 37.0 Å². The molecule has 2 rings (SSSR count). The highest BCUT2D eigenvalue weighted by atomic mass is 19.4. The lowest BCUT2D eigenvalue weighted by Crippen LogP contribution is -2.31. The fourth-order valence-electron chi connectivity index (χ4n) is 2.35. The number of nitrogen functional groups attached to an aromatic ring is 1. The van der Waals surface area contributed by atoms with E-state index in [9.17, 15) is 27.6 Å². The minimum Gasteiger partial charge on any atom is -0.492 e. The molecule has 2 aromatic rings. The summed E-state index contributed by atoms with van der Waals surface area (Å²) in [6.07, 6.45) is -5.28. The van der Waals surface area contributed by atoms with Crippen LogP contribution in [0.4, 0.5) is 13.2 Å². The number of nitrogens with one attached hydrogen (secondary N) is 2. The Labute approximate surface area is 174 Å². The van der Waals surface area contributed by atoms with Gasteiger partial charge in [-0.05, 0) is 31.2 Å². The molecule has 0 aromatic heterocycles. The minimum absolute atomic E-state index is 0.00367. The number of alkyl halides is 3. The van der Waals surface area contributed by atoms with Gasteiger partial charge in [-0.2, -0.15) is 13.2 Å². The molecule has 0 bridgehead atoms. The number of ketones is 1. The normalized spacial score (nSPS) is 10.8. The summed E-state index contributed by atoms with van der Waals surface area (Å²) in [4.78, 5) is 35.0. The summed E-state index contributed by atoms with van der Waals surface area (Å²) in [5.41, 5.74) is 5.44. The van der Waals surface area contributed by atoms with E-state index in [0.717, 1.165) is 12.1 Å². The topological polar surface area (TPSA) is 132 Å². The highest BCUT2D eigenvalue weighted by molar-refractivity contribution is 6.01. The number of amidine groups is 1. The zero-order valence-corrected chi connectivity index (χ0v) is 16.2. The van der Waals surface area contributed by atoms with Gasteiger partial charge in [0, 0.05) is 11.1 Å². The van der Waals surface area contributed by atoms with E-state index in [0.29, 0.717) is 11.3 Å². The van der Waals surface area contributed by atoms with Gasteiger partial charge < -0.3 is 20.5 Å². The number of carbonyl (C=O) groups excluding carboxylic acids is 3. The second kappa shape index (κ2) is 9.74. The Bertz CT molecular complexity index is 1020. The van der Waals surface area contributed by atoms with E-state index >= 15 is 0 Å². The molecule has 0 heterocycles. The van der Waals surface area contributed by atoms with Crippen LogP contribution >= 0.6 is 0 Å². The first-order chi connectivity index (χ1) is 14.5. The molecular formula is C20H18F3N3O5. The molecule has 0 radical (unpaired) electrons. The summed E-state index contributed by atoms with van der Waals surface area (Å²) in [6, 6.07) is 9.59. The average molecular weight is 437 g/mol. The van der Waals surface area contributed by atoms with Crippen molar-refractivity contribution in [3.05, 3.63) is 59.2 Å². The number of carbonyl (C=O) groups is 3. The Kier molecular flexibility index (Phi) is 7.35. The number of ether oxygens (including phenoxy) is 2. The van der Waals surface area contributed by atoms with Crippen molar-refractivity contribution in [3.63, 3.8) is 0 Å². The van der Waals surface area contributed by atoms with E-state index in [2.05, 4.69) is 10.1 Å². The summed E-state index contributed by atoms with van der Waals surface area (Å²) in [5.74, 6) is -4.28. The molecule has 11 heteroatoms. The SMILES string of the molecule is CC(=O)c1ccc(C(=O)NCCOc2cccc(C(=N)N)c2)c(OC(=O)C(F)(F)F)c1. The molecule has 164 valence electrons. The summed E-state index contributed by atoms with van der Waals surface area (Å²) in [7, 11) is 0. The predicted molar refractivity (Wildman–Crippen MR) is 103 cm³/mol. The summed E-state index contributed by atoms with van der Waals surface area (Å²) < 4.78 is 47.3. The quantitative estimate of drug-likeness (QED) is 0.145. The Hall–Kier alpha value is -3.89. The van der Waals surface area contributed by atoms with Gasteiger partial charge >= 0.3 is 12.1 Å². The summed E-state index contributed by atoms with van der Waals surface area (Å²) in [6.45, 7) is 1.13. The molecule has 31 heavy (non-hydrogen) atoms. The van der Waals surface area contributed by atoms with E-state index in [1.165, 1.54) is 19.1 Å². The molecule has 1 amide bonds. The number of nitrogens with two attached hydrogens (primary N) is 1. The molecule has 8 nitrogen and oxygen atoms in total. The number of halogens is 3. The van der Waals surface area contributed by atoms with E-state index in [1.54, 1.807) is 18.2 Å². The summed E-state index contributed by atoms with van der Waals surface area (Å²) >= 11 is 0. The third-order valence-corrected chi connectivity index (χ3v) is 3.87. The van der Waals surface area contributed by atoms with Crippen molar-refractivity contribution in [1.82, 2.24) is 5.32 Å². The summed E-state index contributed by atoms with van der Waals surface area (Å²) in [5, 5.41) is 9.80. The van der Waals surface area contributed by atoms with Crippen LogP contribution < -0.4 is 20.5 Å². The minimum atomic E-state index is -5.28. The van der Waals surface area contributed by atoms with E-state index in [-0.39, 0.29) is 30.1 Å². The van der Waals surface area contributed by atoms with Crippen LogP contribution in [0, 0.1) is 5.41 Å². The first-order valence-electron chi connectivity index (χ1n) is 8.78. The molecule has 2 aromatic carbocycles. The number of benzene rings is 2. The van der Waals surface area contributed by atoms with Gasteiger partial charge in [0.05, 0.1) is 12.1 Å². The third kappa shape index (κ3) is 6.56. The van der Waals surface area contributed by atoms with Crippen LogP contribution in [-0.4, -0.2) is 42.8 Å². The van der Waals surface area contributed by atoms with Crippen LogP contribution in [0.3, 0.4) is 0 Å². The smallest absolute Gasteiger partial charge is 0.491 e. The Morgan fingerprint density at radius 1 is 1.10 bits per heavy atom. The lowest BCUT2D eigenvalue weighted by molar-refractivity contribution is -0.189. The van der Waals surface area contributed by atoms with Gasteiger partial charge in [0.2, 0.25) is 0 Å². The number of hydrogen-bond acceptors (Lipinski definition) is 6. The van der Waals surface area contributed by atoms with Crippen molar-refractivity contribution in [2.45, 2.75) is 13.1 Å². The predicted octanol–water partition coefficient (Wildman–Crippen LogP) is 2.45. The standard InChI is InChI=1S/C20H18F3N3O5/c1-11(27)12-5-6-15(16(10-12)31-19(29)20(21,22)23)18(28)26-7-8-30-14-4-2-3-13(9-14)17(24)25/h2-6,9-10H,7-8H2,1H3,(H3,24,25)(H,26,28). The lowest BCUT2D eigenvalue weighted by atomic mass is 10.1. The molecule has 0 atom stereocenters. The van der Waals surface area contributed by atoms with Gasteiger partial charge in [0.1, 0.15) is 23.9 Å². The van der Waals surface area contributed by atoms with Crippen LogP contribution in [0.15, 0.2) is 42.5 Å². The fourth-order valence-corrected chi connectivity index (χ4v) is 2.35. The van der Waals surface area contributed by atoms with Gasteiger partial charge in [-0.15, -0.1) is 0 Å². The highest BCUT2D eigenvalue weighted by Crippen LogP contribution is 2.25. The molecule has 0 fully saturated rings. The van der Waals surface area contributed by atoms with Gasteiger partial charge in [0.15, 0.2) is 5.78 Å². The van der Waals surface area contributed by atoms with Crippen molar-refractivity contribution >= 4 is 23.5 Å². The number of rotatable bonds is 8. The second-order valence-electron chi connectivity index (χ2n) is 6.20. The number of Topliss-reactive ketones (excluding diaryl/α,β-unsaturated/α-hetero) is 1. The maximum absolute atomic E-state index is 12.5. The highest BCUT2D eigenvalue weighted by Gasteiger charge is 2.42. The fraction of sp³-hybridized carbons (Fsp3) is 0.200. The number of hydrogen-bond donors (Lipinski definition) is 3. The first kappa shape index (κ1) is 23.4. The van der Waals surface area contributed by atoms with Crippen molar-refractivity contribution in [2.24, 2.45) is 5.73 Å². The number of amides is 1. The molecule has 0 saturated carbocycles. The maximum Gasteiger partial charge on any atom is 0.491 e. The molecular weight excluding hydrogens is 419 g/mol. The molecule has 4 N–H and O–H groups in total. The third-order valence-electron chi connectivity index (χ3n) is 3.87. The van der Waals surface area contributed by atoms with E-state index < -0.39 is 29.6 Å². The Morgan fingerprint density at radius 2 is 1.81 bits per heavy atom. The van der Waals surface area contributed by atoms with Crippen LogP contribution in [0.1, 0.15) is 33.2 Å². The largest absolute Gasteiger partial charge is 0.492 e. The van der Waals surface area contributed by atoms with Gasteiger partial charge in [-0.3, -0.25) is 15.0 Å². The van der Waals surface area contributed by atoms with Crippen molar-refractivity contribution in [2.75, 3.05) is 13.2 Å². The average Bonchev–Trinajstić information content (AvgIpc) is 2.70. The molecule has 0 spiro atoms. The van der Waals surface area contributed by atoms with Crippen molar-refractivity contribution in [1.29, 1.82) is 5.41 Å². The van der Waals surface area contributed by atoms with Crippen LogP contribution in [-0.2, 0) is 4.79 Å². The van der Waals surface area contributed by atoms with Crippen molar-refractivity contribution in [3.8, 4) is 11.5 Å². The lowest BCUT2D eigenvalue weighted by Gasteiger charge is -2.13. The van der Waals surface area contributed by atoms with Crippen LogP contribution in [0.25, 0.3) is 0 Å². The zero-order chi connectivity index (χ0) is 23.2.